The molecule has 3 N–H and O–H groups in total. The number of halogens is 1. The van der Waals surface area contributed by atoms with Crippen molar-refractivity contribution in [3.63, 3.8) is 0 Å². The molecular weight excluding hydrogens is 274 g/mol. The molecule has 0 aromatic carbocycles. The lowest BCUT2D eigenvalue weighted by atomic mass is 10.0. The topological polar surface area (TPSA) is 41.3 Å². The van der Waals surface area contributed by atoms with Crippen LogP contribution in [-0.4, -0.2) is 37.6 Å². The number of hydrogen-bond acceptors (Lipinski definition) is 4. The van der Waals surface area contributed by atoms with Gasteiger partial charge in [-0.2, -0.15) is 0 Å². The highest BCUT2D eigenvalue weighted by atomic mass is 79.9. The predicted molar refractivity (Wildman–Crippen MR) is 68.2 cm³/mol. The van der Waals surface area contributed by atoms with Gasteiger partial charge in [-0.1, -0.05) is 0 Å². The van der Waals surface area contributed by atoms with Gasteiger partial charge in [0, 0.05) is 40.4 Å². The van der Waals surface area contributed by atoms with E-state index in [0.29, 0.717) is 6.04 Å². The minimum Gasteiger partial charge on any atom is -0.322 e. The van der Waals surface area contributed by atoms with Crippen LogP contribution in [0.1, 0.15) is 10.9 Å². The molecule has 1 aliphatic heterocycles. The van der Waals surface area contributed by atoms with E-state index in [4.69, 9.17) is 5.73 Å². The van der Waals surface area contributed by atoms with E-state index >= 15 is 0 Å². The van der Waals surface area contributed by atoms with E-state index in [1.165, 1.54) is 4.88 Å². The molecule has 2 rings (SSSR count). The molecule has 1 aromatic rings. The van der Waals surface area contributed by atoms with Crippen molar-refractivity contribution in [2.24, 2.45) is 5.73 Å². The molecule has 1 saturated heterocycles. The maximum absolute atomic E-state index is 6.28. The lowest BCUT2D eigenvalue weighted by Gasteiger charge is -2.36. The maximum atomic E-state index is 6.28. The van der Waals surface area contributed by atoms with Crippen LogP contribution >= 0.6 is 27.3 Å². The van der Waals surface area contributed by atoms with Crippen molar-refractivity contribution in [1.29, 1.82) is 0 Å². The van der Waals surface area contributed by atoms with E-state index in [9.17, 15) is 0 Å². The van der Waals surface area contributed by atoms with Crippen molar-refractivity contribution in [2.75, 3.05) is 26.7 Å². The Hall–Kier alpha value is 0.0600. The average Bonchev–Trinajstić information content (AvgIpc) is 2.65. The molecule has 0 aliphatic carbocycles. The molecule has 0 bridgehead atoms. The number of nitrogens with zero attached hydrogens (tertiary/aromatic N) is 1. The molecule has 84 valence electrons. The molecule has 15 heavy (non-hydrogen) atoms. The summed E-state index contributed by atoms with van der Waals surface area (Å²) in [5.41, 5.74) is 6.28. The summed E-state index contributed by atoms with van der Waals surface area (Å²) in [6.07, 6.45) is 0. The number of likely N-dealkylation sites (N-methyl/N-ethyl adjacent to an activating group) is 1. The Bertz CT molecular complexity index is 328. The van der Waals surface area contributed by atoms with E-state index in [2.05, 4.69) is 44.6 Å². The van der Waals surface area contributed by atoms with Crippen LogP contribution in [0.3, 0.4) is 0 Å². The predicted octanol–water partition coefficient (Wildman–Crippen LogP) is 1.41. The second-order valence-corrected chi connectivity index (χ2v) is 5.80. The number of nitrogens with two attached hydrogens (primary N) is 1. The van der Waals surface area contributed by atoms with Crippen molar-refractivity contribution < 1.29 is 0 Å². The molecule has 0 saturated carbocycles. The first-order chi connectivity index (χ1) is 7.18. The van der Waals surface area contributed by atoms with Crippen LogP contribution in [0, 0.1) is 0 Å². The molecule has 0 amide bonds. The highest BCUT2D eigenvalue weighted by Crippen LogP contribution is 2.27. The molecular formula is C10H16BrN3S. The third-order valence-corrected chi connectivity index (χ3v) is 4.69. The molecule has 3 nitrogen and oxygen atoms in total. The lowest BCUT2D eigenvalue weighted by Crippen LogP contribution is -2.53. The molecule has 0 radical (unpaired) electrons. The standard InChI is InChI=1S/C10H16BrN3S/c1-14-3-2-13-5-8(14)10(12)9-4-7(11)6-15-9/h4,6,8,10,13H,2-3,5,12H2,1H3. The Morgan fingerprint density at radius 2 is 2.53 bits per heavy atom. The summed E-state index contributed by atoms with van der Waals surface area (Å²) in [7, 11) is 2.15. The van der Waals surface area contributed by atoms with Crippen LogP contribution in [0.15, 0.2) is 15.9 Å². The zero-order chi connectivity index (χ0) is 10.8. The smallest absolute Gasteiger partial charge is 0.0560 e. The highest BCUT2D eigenvalue weighted by Gasteiger charge is 2.26. The second-order valence-electron chi connectivity index (χ2n) is 3.95. The van der Waals surface area contributed by atoms with Crippen molar-refractivity contribution in [3.8, 4) is 0 Å². The summed E-state index contributed by atoms with van der Waals surface area (Å²) in [6, 6.07) is 2.64. The molecule has 1 fully saturated rings. The van der Waals surface area contributed by atoms with Crippen LogP contribution in [0.25, 0.3) is 0 Å². The van der Waals surface area contributed by atoms with E-state index in [1.807, 2.05) is 0 Å². The first kappa shape index (κ1) is 11.5. The Kier molecular flexibility index (Phi) is 3.79. The largest absolute Gasteiger partial charge is 0.322 e. The minimum absolute atomic E-state index is 0.110. The Labute approximate surface area is 103 Å². The number of nitrogens with one attached hydrogen (secondary N) is 1. The lowest BCUT2D eigenvalue weighted by molar-refractivity contribution is 0.175. The summed E-state index contributed by atoms with van der Waals surface area (Å²) >= 11 is 5.19. The first-order valence-corrected chi connectivity index (χ1v) is 6.76. The van der Waals surface area contributed by atoms with Gasteiger partial charge < -0.3 is 11.1 Å². The van der Waals surface area contributed by atoms with Gasteiger partial charge in [0.2, 0.25) is 0 Å². The van der Waals surface area contributed by atoms with Gasteiger partial charge in [-0.05, 0) is 29.0 Å². The van der Waals surface area contributed by atoms with Crippen molar-refractivity contribution >= 4 is 27.3 Å². The molecule has 5 heteroatoms. The number of rotatable bonds is 2. The fourth-order valence-electron chi connectivity index (χ4n) is 1.92. The SMILES string of the molecule is CN1CCNCC1C(N)c1cc(Br)cs1. The quantitative estimate of drug-likeness (QED) is 0.865. The van der Waals surface area contributed by atoms with Gasteiger partial charge in [0.25, 0.3) is 0 Å². The average molecular weight is 290 g/mol. The first-order valence-electron chi connectivity index (χ1n) is 5.09. The van der Waals surface area contributed by atoms with Gasteiger partial charge in [-0.25, -0.2) is 0 Å². The molecule has 2 atom stereocenters. The molecule has 1 aliphatic rings. The van der Waals surface area contributed by atoms with Gasteiger partial charge in [-0.3, -0.25) is 4.90 Å². The zero-order valence-electron chi connectivity index (χ0n) is 8.74. The molecule has 2 unspecified atom stereocenters. The Morgan fingerprint density at radius 1 is 1.73 bits per heavy atom. The van der Waals surface area contributed by atoms with Gasteiger partial charge in [-0.15, -0.1) is 11.3 Å². The summed E-state index contributed by atoms with van der Waals surface area (Å²) < 4.78 is 1.13. The van der Waals surface area contributed by atoms with Crippen LogP contribution in [-0.2, 0) is 0 Å². The van der Waals surface area contributed by atoms with E-state index in [-0.39, 0.29) is 6.04 Å². The third kappa shape index (κ3) is 2.60. The van der Waals surface area contributed by atoms with Gasteiger partial charge in [0.05, 0.1) is 6.04 Å². The van der Waals surface area contributed by atoms with Gasteiger partial charge in [0.1, 0.15) is 0 Å². The highest BCUT2D eigenvalue weighted by molar-refractivity contribution is 9.10. The summed E-state index contributed by atoms with van der Waals surface area (Å²) in [5.74, 6) is 0. The van der Waals surface area contributed by atoms with E-state index in [0.717, 1.165) is 24.1 Å². The van der Waals surface area contributed by atoms with Crippen LogP contribution in [0.5, 0.6) is 0 Å². The third-order valence-electron chi connectivity index (χ3n) is 2.89. The van der Waals surface area contributed by atoms with E-state index in [1.54, 1.807) is 11.3 Å². The fourth-order valence-corrected chi connectivity index (χ4v) is 3.43. The monoisotopic (exact) mass is 289 g/mol. The van der Waals surface area contributed by atoms with Crippen LogP contribution in [0.2, 0.25) is 0 Å². The summed E-state index contributed by atoms with van der Waals surface area (Å²) in [4.78, 5) is 3.59. The summed E-state index contributed by atoms with van der Waals surface area (Å²) in [5, 5.41) is 5.48. The fraction of sp³-hybridized carbons (Fsp3) is 0.600. The number of piperazine rings is 1. The number of thiophene rings is 1. The van der Waals surface area contributed by atoms with Crippen molar-refractivity contribution in [3.05, 3.63) is 20.8 Å². The van der Waals surface area contributed by atoms with E-state index < -0.39 is 0 Å². The van der Waals surface area contributed by atoms with Gasteiger partial charge >= 0.3 is 0 Å². The second kappa shape index (κ2) is 4.93. The maximum Gasteiger partial charge on any atom is 0.0560 e. The normalized spacial score (nSPS) is 25.4. The van der Waals surface area contributed by atoms with Crippen molar-refractivity contribution in [2.45, 2.75) is 12.1 Å². The molecule has 0 spiro atoms. The molecule has 2 heterocycles. The minimum atomic E-state index is 0.110. The zero-order valence-corrected chi connectivity index (χ0v) is 11.1. The number of hydrogen-bond donors (Lipinski definition) is 2. The van der Waals surface area contributed by atoms with Gasteiger partial charge in [0.15, 0.2) is 0 Å². The summed E-state index contributed by atoms with van der Waals surface area (Å²) in [6.45, 7) is 3.12. The Morgan fingerprint density at radius 3 is 3.13 bits per heavy atom. The Balaban J connectivity index is 2.09. The molecule has 1 aromatic heterocycles. The van der Waals surface area contributed by atoms with Crippen molar-refractivity contribution in [1.82, 2.24) is 10.2 Å². The van der Waals surface area contributed by atoms with Crippen LogP contribution in [0.4, 0.5) is 0 Å². The van der Waals surface area contributed by atoms with Crippen LogP contribution < -0.4 is 11.1 Å².